The zero-order valence-corrected chi connectivity index (χ0v) is 13.7. The molecular weight excluding hydrogens is 325 g/mol. The van der Waals surface area contributed by atoms with Crippen LogP contribution in [0.4, 0.5) is 18.0 Å². The van der Waals surface area contributed by atoms with Crippen molar-refractivity contribution in [1.82, 2.24) is 10.2 Å². The van der Waals surface area contributed by atoms with E-state index in [1.807, 2.05) is 0 Å². The molecule has 0 fully saturated rings. The third kappa shape index (κ3) is 5.43. The highest BCUT2D eigenvalue weighted by Crippen LogP contribution is 2.35. The molecule has 0 bridgehead atoms. The molecular formula is C16H21F3N2O3. The van der Waals surface area contributed by atoms with Crippen molar-refractivity contribution >= 4 is 12.0 Å². The van der Waals surface area contributed by atoms with E-state index in [1.54, 1.807) is 13.8 Å². The largest absolute Gasteiger partial charge is 0.481 e. The van der Waals surface area contributed by atoms with E-state index in [2.05, 4.69) is 5.32 Å². The summed E-state index contributed by atoms with van der Waals surface area (Å²) in [5.74, 6) is -1.60. The summed E-state index contributed by atoms with van der Waals surface area (Å²) in [6.45, 7) is 3.23. The molecule has 0 heterocycles. The molecule has 0 aromatic heterocycles. The molecule has 0 radical (unpaired) electrons. The van der Waals surface area contributed by atoms with Crippen LogP contribution in [-0.2, 0) is 11.0 Å². The van der Waals surface area contributed by atoms with Crippen molar-refractivity contribution in [2.75, 3.05) is 13.6 Å². The lowest BCUT2D eigenvalue weighted by molar-refractivity contribution is -0.138. The van der Waals surface area contributed by atoms with Crippen molar-refractivity contribution in [3.05, 3.63) is 35.4 Å². The number of rotatable bonds is 6. The number of carbonyl (C=O) groups excluding carboxylic acids is 1. The summed E-state index contributed by atoms with van der Waals surface area (Å²) in [7, 11) is 1.43. The number of halogens is 3. The van der Waals surface area contributed by atoms with Crippen LogP contribution < -0.4 is 5.32 Å². The minimum Gasteiger partial charge on any atom is -0.481 e. The number of carboxylic acid groups (broad SMARTS) is 1. The molecule has 0 saturated carbocycles. The van der Waals surface area contributed by atoms with Crippen LogP contribution >= 0.6 is 0 Å². The first-order valence-electron chi connectivity index (χ1n) is 7.43. The van der Waals surface area contributed by atoms with Gasteiger partial charge in [-0.15, -0.1) is 0 Å². The van der Waals surface area contributed by atoms with Crippen molar-refractivity contribution in [2.45, 2.75) is 38.4 Å². The molecule has 0 aliphatic rings. The number of carbonyl (C=O) groups is 2. The van der Waals surface area contributed by atoms with Crippen molar-refractivity contribution in [1.29, 1.82) is 0 Å². The number of alkyl halides is 3. The Morgan fingerprint density at radius 3 is 2.38 bits per heavy atom. The van der Waals surface area contributed by atoms with E-state index in [9.17, 15) is 22.8 Å². The summed E-state index contributed by atoms with van der Waals surface area (Å²) in [5.41, 5.74) is -0.621. The molecule has 0 aliphatic heterocycles. The minimum atomic E-state index is -4.47. The third-order valence-electron chi connectivity index (χ3n) is 3.87. The maximum atomic E-state index is 13.1. The monoisotopic (exact) mass is 346 g/mol. The molecule has 0 spiro atoms. The molecule has 2 N–H and O–H groups in total. The van der Waals surface area contributed by atoms with Crippen molar-refractivity contribution in [2.24, 2.45) is 0 Å². The van der Waals surface area contributed by atoms with Gasteiger partial charge in [-0.25, -0.2) is 4.79 Å². The fourth-order valence-corrected chi connectivity index (χ4v) is 2.22. The first-order valence-corrected chi connectivity index (χ1v) is 7.43. The van der Waals surface area contributed by atoms with Gasteiger partial charge in [-0.05, 0) is 18.6 Å². The summed E-state index contributed by atoms with van der Waals surface area (Å²) >= 11 is 0. The van der Waals surface area contributed by atoms with Crippen molar-refractivity contribution < 1.29 is 27.9 Å². The van der Waals surface area contributed by atoms with Gasteiger partial charge in [0.05, 0.1) is 12.0 Å². The highest BCUT2D eigenvalue weighted by Gasteiger charge is 2.35. The Kier molecular flexibility index (Phi) is 6.62. The molecule has 24 heavy (non-hydrogen) atoms. The molecule has 1 rings (SSSR count). The third-order valence-corrected chi connectivity index (χ3v) is 3.87. The molecule has 2 amide bonds. The Bertz CT molecular complexity index is 590. The van der Waals surface area contributed by atoms with Gasteiger partial charge in [0.25, 0.3) is 0 Å². The fourth-order valence-electron chi connectivity index (χ4n) is 2.22. The normalized spacial score (nSPS) is 13.9. The average molecular weight is 346 g/mol. The molecule has 1 aromatic rings. The lowest BCUT2D eigenvalue weighted by atomic mass is 9.90. The van der Waals surface area contributed by atoms with Gasteiger partial charge >= 0.3 is 18.2 Å². The van der Waals surface area contributed by atoms with Gasteiger partial charge in [0.15, 0.2) is 0 Å². The topological polar surface area (TPSA) is 69.6 Å². The second-order valence-electron chi connectivity index (χ2n) is 5.68. The Labute approximate surface area is 138 Å². The predicted octanol–water partition coefficient (Wildman–Crippen LogP) is 3.31. The van der Waals surface area contributed by atoms with E-state index in [-0.39, 0.29) is 18.5 Å². The highest BCUT2D eigenvalue weighted by atomic mass is 19.4. The maximum absolute atomic E-state index is 13.1. The number of benzene rings is 1. The van der Waals surface area contributed by atoms with E-state index in [0.717, 1.165) is 6.07 Å². The molecule has 1 aromatic carbocycles. The zero-order chi connectivity index (χ0) is 18.5. The van der Waals surface area contributed by atoms with Crippen LogP contribution in [-0.4, -0.2) is 41.6 Å². The van der Waals surface area contributed by atoms with E-state index in [0.29, 0.717) is 0 Å². The number of hydrogen-bond donors (Lipinski definition) is 2. The summed E-state index contributed by atoms with van der Waals surface area (Å²) in [4.78, 5) is 23.7. The summed E-state index contributed by atoms with van der Waals surface area (Å²) < 4.78 is 39.3. The average Bonchev–Trinajstić information content (AvgIpc) is 2.50. The summed E-state index contributed by atoms with van der Waals surface area (Å²) in [6.07, 6.45) is -4.67. The van der Waals surface area contributed by atoms with Crippen LogP contribution in [0.2, 0.25) is 0 Å². The smallest absolute Gasteiger partial charge is 0.416 e. The van der Waals surface area contributed by atoms with Crippen LogP contribution in [0, 0.1) is 0 Å². The van der Waals surface area contributed by atoms with Crippen molar-refractivity contribution in [3.8, 4) is 0 Å². The van der Waals surface area contributed by atoms with Gasteiger partial charge in [-0.1, -0.05) is 25.1 Å². The van der Waals surface area contributed by atoms with Crippen molar-refractivity contribution in [3.63, 3.8) is 0 Å². The zero-order valence-electron chi connectivity index (χ0n) is 13.7. The Morgan fingerprint density at radius 1 is 1.25 bits per heavy atom. The number of hydrogen-bond acceptors (Lipinski definition) is 2. The van der Waals surface area contributed by atoms with Gasteiger partial charge in [0, 0.05) is 25.6 Å². The lowest BCUT2D eigenvalue weighted by Gasteiger charge is -2.27. The second-order valence-corrected chi connectivity index (χ2v) is 5.68. The van der Waals surface area contributed by atoms with Crippen LogP contribution in [0.5, 0.6) is 0 Å². The molecule has 0 saturated heterocycles. The number of nitrogens with one attached hydrogen (secondary N) is 1. The minimum absolute atomic E-state index is 0.0153. The Balaban J connectivity index is 2.80. The summed E-state index contributed by atoms with van der Waals surface area (Å²) in [5, 5.41) is 11.2. The van der Waals surface area contributed by atoms with Gasteiger partial charge < -0.3 is 15.3 Å². The number of nitrogens with zero attached hydrogens (tertiary/aromatic N) is 1. The van der Waals surface area contributed by atoms with E-state index >= 15 is 0 Å². The molecule has 2 unspecified atom stereocenters. The number of carboxylic acids is 1. The fraction of sp³-hybridized carbons (Fsp3) is 0.500. The number of urea groups is 1. The van der Waals surface area contributed by atoms with Gasteiger partial charge in [0.1, 0.15) is 0 Å². The van der Waals surface area contributed by atoms with E-state index in [1.165, 1.54) is 30.1 Å². The predicted molar refractivity (Wildman–Crippen MR) is 82.7 cm³/mol. The second kappa shape index (κ2) is 8.03. The molecule has 8 heteroatoms. The first-order chi connectivity index (χ1) is 11.0. The molecule has 134 valence electrons. The Hall–Kier alpha value is -2.25. The van der Waals surface area contributed by atoms with Crippen LogP contribution in [0.3, 0.4) is 0 Å². The van der Waals surface area contributed by atoms with Gasteiger partial charge in [0.2, 0.25) is 0 Å². The number of aliphatic carboxylic acids is 1. The molecule has 5 nitrogen and oxygen atoms in total. The van der Waals surface area contributed by atoms with E-state index < -0.39 is 35.7 Å². The quantitative estimate of drug-likeness (QED) is 0.830. The molecule has 2 atom stereocenters. The summed E-state index contributed by atoms with van der Waals surface area (Å²) in [6, 6.07) is 4.16. The molecule has 0 aliphatic carbocycles. The van der Waals surface area contributed by atoms with Crippen LogP contribution in [0.15, 0.2) is 24.3 Å². The van der Waals surface area contributed by atoms with Crippen LogP contribution in [0.1, 0.15) is 37.3 Å². The highest BCUT2D eigenvalue weighted by molar-refractivity contribution is 5.75. The number of amides is 2. The van der Waals surface area contributed by atoms with Crippen LogP contribution in [0.25, 0.3) is 0 Å². The standard InChI is InChI=1S/C16H21F3N2O3/c1-10(12-6-4-5-7-13(12)16(17,18)19)11(2)20-15(24)21(3)9-8-14(22)23/h4-7,10-11H,8-9H2,1-3H3,(H,20,24)(H,22,23). The Morgan fingerprint density at radius 2 is 1.83 bits per heavy atom. The van der Waals surface area contributed by atoms with Gasteiger partial charge in [-0.3, -0.25) is 4.79 Å². The van der Waals surface area contributed by atoms with Gasteiger partial charge in [-0.2, -0.15) is 13.2 Å². The lowest BCUT2D eigenvalue weighted by Crippen LogP contribution is -2.44. The SMILES string of the molecule is CC(NC(=O)N(C)CCC(=O)O)C(C)c1ccccc1C(F)(F)F. The first kappa shape index (κ1) is 19.8. The van der Waals surface area contributed by atoms with E-state index in [4.69, 9.17) is 5.11 Å². The maximum Gasteiger partial charge on any atom is 0.416 e.